The second-order valence-corrected chi connectivity index (χ2v) is 13.0. The largest absolute Gasteiger partial charge is 0.313 e. The highest BCUT2D eigenvalue weighted by molar-refractivity contribution is 6.81. The molecule has 0 bridgehead atoms. The van der Waals surface area contributed by atoms with E-state index in [2.05, 4.69) is 40.6 Å². The normalized spacial score (nSPS) is 21.7. The van der Waals surface area contributed by atoms with Crippen LogP contribution < -0.4 is 5.32 Å². The van der Waals surface area contributed by atoms with Gasteiger partial charge in [-0.25, -0.2) is 4.98 Å². The molecule has 2 amide bonds. The van der Waals surface area contributed by atoms with Crippen LogP contribution in [-0.4, -0.2) is 29.4 Å². The molecule has 1 unspecified atom stereocenters. The van der Waals surface area contributed by atoms with Gasteiger partial charge in [0, 0.05) is 23.4 Å². The summed E-state index contributed by atoms with van der Waals surface area (Å²) in [5.74, 6) is -0.371. The van der Waals surface area contributed by atoms with Crippen molar-refractivity contribution in [2.75, 3.05) is 0 Å². The minimum atomic E-state index is -2.08. The highest BCUT2D eigenvalue weighted by Gasteiger charge is 2.54. The van der Waals surface area contributed by atoms with Gasteiger partial charge in [-0.2, -0.15) is 0 Å². The van der Waals surface area contributed by atoms with E-state index in [1.807, 2.05) is 30.3 Å². The number of imide groups is 1. The van der Waals surface area contributed by atoms with Crippen molar-refractivity contribution in [1.29, 1.82) is 0 Å². The molecule has 3 heterocycles. The van der Waals surface area contributed by atoms with Crippen molar-refractivity contribution in [1.82, 2.24) is 14.9 Å². The van der Waals surface area contributed by atoms with Crippen LogP contribution >= 0.6 is 0 Å². The molecule has 1 aliphatic rings. The topological polar surface area (TPSA) is 64.0 Å². The summed E-state index contributed by atoms with van der Waals surface area (Å²) in [6.07, 6.45) is 2.65. The third kappa shape index (κ3) is 2.10. The summed E-state index contributed by atoms with van der Waals surface area (Å²) in [4.78, 5) is 29.7. The SMILES string of the molecule is C[Si](C)(C)C1(n2c3ccccc3c3cccnc32)CCC(=O)NC1=O. The monoisotopic (exact) mass is 351 g/mol. The second kappa shape index (κ2) is 5.26. The summed E-state index contributed by atoms with van der Waals surface area (Å²) in [5, 5.41) is 4.00. The van der Waals surface area contributed by atoms with Crippen molar-refractivity contribution in [3.8, 4) is 0 Å². The van der Waals surface area contributed by atoms with Crippen molar-refractivity contribution >= 4 is 41.8 Å². The van der Waals surface area contributed by atoms with Crippen molar-refractivity contribution in [3.05, 3.63) is 42.6 Å². The van der Waals surface area contributed by atoms with Crippen LogP contribution in [0.5, 0.6) is 0 Å². The number of aromatic nitrogens is 2. The summed E-state index contributed by atoms with van der Waals surface area (Å²) in [6.45, 7) is 6.56. The zero-order valence-corrected chi connectivity index (χ0v) is 15.7. The molecule has 6 heteroatoms. The van der Waals surface area contributed by atoms with E-state index < -0.39 is 13.2 Å². The first-order chi connectivity index (χ1) is 11.9. The predicted molar refractivity (Wildman–Crippen MR) is 101 cm³/mol. The van der Waals surface area contributed by atoms with Gasteiger partial charge in [0.05, 0.1) is 13.6 Å². The zero-order chi connectivity index (χ0) is 17.8. The van der Waals surface area contributed by atoms with Gasteiger partial charge >= 0.3 is 0 Å². The maximum Gasteiger partial charge on any atom is 0.249 e. The molecule has 1 atom stereocenters. The Kier molecular flexibility index (Phi) is 3.37. The number of carbonyl (C=O) groups excluding carboxylic acids is 2. The maximum absolute atomic E-state index is 13.2. The Bertz CT molecular complexity index is 965. The molecule has 5 nitrogen and oxygen atoms in total. The van der Waals surface area contributed by atoms with Crippen molar-refractivity contribution in [3.63, 3.8) is 0 Å². The predicted octanol–water partition coefficient (Wildman–Crippen LogP) is 3.20. The molecule has 1 aliphatic heterocycles. The number of pyridine rings is 1. The molecule has 2 aromatic heterocycles. The van der Waals surface area contributed by atoms with Gasteiger partial charge in [-0.1, -0.05) is 37.8 Å². The maximum atomic E-state index is 13.2. The lowest BCUT2D eigenvalue weighted by Gasteiger charge is -2.46. The molecule has 0 aliphatic carbocycles. The number of nitrogens with zero attached hydrogens (tertiary/aromatic N) is 2. The van der Waals surface area contributed by atoms with E-state index in [0.717, 1.165) is 21.9 Å². The Morgan fingerprint density at radius 2 is 1.80 bits per heavy atom. The van der Waals surface area contributed by atoms with Gasteiger partial charge in [0.25, 0.3) is 0 Å². The fourth-order valence-corrected chi connectivity index (χ4v) is 6.66. The van der Waals surface area contributed by atoms with Crippen LogP contribution in [0.2, 0.25) is 19.6 Å². The van der Waals surface area contributed by atoms with E-state index in [4.69, 9.17) is 0 Å². The number of rotatable bonds is 2. The molecule has 0 saturated carbocycles. The zero-order valence-electron chi connectivity index (χ0n) is 14.7. The van der Waals surface area contributed by atoms with E-state index in [0.29, 0.717) is 12.8 Å². The number of amides is 2. The molecule has 0 spiro atoms. The third-order valence-electron chi connectivity index (χ3n) is 5.40. The fourth-order valence-electron chi connectivity index (χ4n) is 4.15. The van der Waals surface area contributed by atoms with Crippen molar-refractivity contribution in [2.24, 2.45) is 0 Å². The molecular formula is C19H21N3O2Si. The molecular weight excluding hydrogens is 330 g/mol. The number of para-hydroxylation sites is 1. The Morgan fingerprint density at radius 1 is 1.08 bits per heavy atom. The first kappa shape index (κ1) is 16.0. The lowest BCUT2D eigenvalue weighted by atomic mass is 10.0. The summed E-state index contributed by atoms with van der Waals surface area (Å²) in [5.41, 5.74) is 1.82. The summed E-state index contributed by atoms with van der Waals surface area (Å²) in [7, 11) is -2.08. The highest BCUT2D eigenvalue weighted by Crippen LogP contribution is 2.42. The summed E-state index contributed by atoms with van der Waals surface area (Å²) < 4.78 is 2.12. The van der Waals surface area contributed by atoms with Gasteiger partial charge in [0.2, 0.25) is 11.8 Å². The van der Waals surface area contributed by atoms with Crippen LogP contribution in [0.4, 0.5) is 0 Å². The number of piperidine rings is 1. The number of hydrogen-bond acceptors (Lipinski definition) is 3. The molecule has 1 N–H and O–H groups in total. The third-order valence-corrected chi connectivity index (χ3v) is 8.58. The number of nitrogens with one attached hydrogen (secondary N) is 1. The van der Waals surface area contributed by atoms with E-state index in [1.54, 1.807) is 6.20 Å². The van der Waals surface area contributed by atoms with Crippen LogP contribution in [0.3, 0.4) is 0 Å². The van der Waals surface area contributed by atoms with E-state index in [-0.39, 0.29) is 11.8 Å². The molecule has 1 aromatic carbocycles. The molecule has 128 valence electrons. The minimum Gasteiger partial charge on any atom is -0.313 e. The molecule has 1 saturated heterocycles. The second-order valence-electron chi connectivity index (χ2n) is 7.71. The Morgan fingerprint density at radius 3 is 2.52 bits per heavy atom. The number of fused-ring (bicyclic) bond motifs is 3. The average Bonchev–Trinajstić information content (AvgIpc) is 2.89. The van der Waals surface area contributed by atoms with Gasteiger partial charge in [-0.15, -0.1) is 0 Å². The van der Waals surface area contributed by atoms with Gasteiger partial charge in [0.1, 0.15) is 10.8 Å². The Balaban J connectivity index is 2.16. The van der Waals surface area contributed by atoms with Crippen LogP contribution in [0.25, 0.3) is 21.9 Å². The van der Waals surface area contributed by atoms with Crippen LogP contribution in [-0.2, 0) is 14.8 Å². The molecule has 1 fully saturated rings. The van der Waals surface area contributed by atoms with Crippen LogP contribution in [0.1, 0.15) is 12.8 Å². The fraction of sp³-hybridized carbons (Fsp3) is 0.316. The van der Waals surface area contributed by atoms with Gasteiger partial charge in [-0.05, 0) is 24.6 Å². The van der Waals surface area contributed by atoms with Crippen molar-refractivity contribution in [2.45, 2.75) is 37.6 Å². The standard InChI is InChI=1S/C19H21N3O2Si/c1-25(2,3)19(11-10-16(23)21-18(19)24)22-15-9-5-4-7-13(15)14-8-6-12-20-17(14)22/h4-9,12H,10-11H2,1-3H3,(H,21,23,24). The first-order valence-corrected chi connectivity index (χ1v) is 12.1. The van der Waals surface area contributed by atoms with Gasteiger partial charge in [-0.3, -0.25) is 14.9 Å². The van der Waals surface area contributed by atoms with E-state index >= 15 is 0 Å². The lowest BCUT2D eigenvalue weighted by Crippen LogP contribution is -2.66. The van der Waals surface area contributed by atoms with Gasteiger partial charge in [0.15, 0.2) is 0 Å². The lowest BCUT2D eigenvalue weighted by molar-refractivity contribution is -0.137. The molecule has 25 heavy (non-hydrogen) atoms. The Labute approximate surface area is 147 Å². The summed E-state index contributed by atoms with van der Waals surface area (Å²) >= 11 is 0. The van der Waals surface area contributed by atoms with Crippen LogP contribution in [0, 0.1) is 0 Å². The van der Waals surface area contributed by atoms with Crippen molar-refractivity contribution < 1.29 is 9.59 Å². The molecule has 4 rings (SSSR count). The summed E-state index contributed by atoms with van der Waals surface area (Å²) in [6, 6.07) is 12.1. The number of carbonyl (C=O) groups is 2. The highest BCUT2D eigenvalue weighted by atomic mass is 28.3. The van der Waals surface area contributed by atoms with Gasteiger partial charge < -0.3 is 4.57 Å². The quantitative estimate of drug-likeness (QED) is 0.570. The smallest absolute Gasteiger partial charge is 0.249 e. The number of hydrogen-bond donors (Lipinski definition) is 1. The van der Waals surface area contributed by atoms with E-state index in [9.17, 15) is 9.59 Å². The van der Waals surface area contributed by atoms with E-state index in [1.165, 1.54) is 0 Å². The average molecular weight is 351 g/mol. The first-order valence-electron chi connectivity index (χ1n) is 8.55. The number of benzene rings is 1. The molecule has 0 radical (unpaired) electrons. The Hall–Kier alpha value is -2.47. The minimum absolute atomic E-state index is 0.184. The molecule has 3 aromatic rings. The van der Waals surface area contributed by atoms with Crippen LogP contribution in [0.15, 0.2) is 42.6 Å².